The lowest BCUT2D eigenvalue weighted by Gasteiger charge is -2.08. The Labute approximate surface area is 83.4 Å². The van der Waals surface area contributed by atoms with Crippen LogP contribution in [0.15, 0.2) is 18.2 Å². The topological polar surface area (TPSA) is 44.8 Å². The molecule has 0 fully saturated rings. The summed E-state index contributed by atoms with van der Waals surface area (Å²) in [7, 11) is 0. The number of fused-ring (bicyclic) bond motifs is 1. The Morgan fingerprint density at radius 1 is 1.33 bits per heavy atom. The molecule has 0 aliphatic carbocycles. The van der Waals surface area contributed by atoms with Crippen LogP contribution in [0.25, 0.3) is 0 Å². The Morgan fingerprint density at radius 3 is 2.73 bits per heavy atom. The normalized spacial score (nSPS) is 18.2. The van der Waals surface area contributed by atoms with Gasteiger partial charge in [0.25, 0.3) is 0 Å². The minimum atomic E-state index is -2.98. The highest BCUT2D eigenvalue weighted by atomic mass is 19.3. The summed E-state index contributed by atoms with van der Waals surface area (Å²) in [5.74, 6) is 0.483. The van der Waals surface area contributed by atoms with Crippen LogP contribution in [0.5, 0.6) is 11.5 Å². The van der Waals surface area contributed by atoms with Crippen LogP contribution in [0, 0.1) is 0 Å². The SMILES string of the molecule is O=Cc1ccc2c(c1)OC(OC(F)F)O2. The molecule has 1 aromatic carbocycles. The van der Waals surface area contributed by atoms with Gasteiger partial charge in [-0.05, 0) is 18.2 Å². The first-order valence-corrected chi connectivity index (χ1v) is 4.05. The first-order valence-electron chi connectivity index (χ1n) is 4.05. The van der Waals surface area contributed by atoms with Gasteiger partial charge < -0.3 is 9.47 Å². The van der Waals surface area contributed by atoms with Crippen molar-refractivity contribution >= 4 is 6.29 Å². The summed E-state index contributed by atoms with van der Waals surface area (Å²) >= 11 is 0. The molecule has 1 unspecified atom stereocenters. The third kappa shape index (κ3) is 2.04. The van der Waals surface area contributed by atoms with Crippen LogP contribution >= 0.6 is 0 Å². The first kappa shape index (κ1) is 9.85. The van der Waals surface area contributed by atoms with E-state index in [1.54, 1.807) is 0 Å². The molecule has 1 aromatic rings. The average Bonchev–Trinajstić information content (AvgIpc) is 2.57. The van der Waals surface area contributed by atoms with E-state index in [0.29, 0.717) is 11.8 Å². The van der Waals surface area contributed by atoms with Crippen LogP contribution in [0.4, 0.5) is 8.78 Å². The van der Waals surface area contributed by atoms with Crippen LogP contribution < -0.4 is 9.47 Å². The average molecular weight is 216 g/mol. The number of alkyl halides is 2. The summed E-state index contributed by atoms with van der Waals surface area (Å²) in [6.07, 6.45) is 0.616. The molecule has 0 N–H and O–H groups in total. The van der Waals surface area contributed by atoms with E-state index in [9.17, 15) is 13.6 Å². The van der Waals surface area contributed by atoms with Crippen molar-refractivity contribution in [3.63, 3.8) is 0 Å². The van der Waals surface area contributed by atoms with Crippen LogP contribution in [0.1, 0.15) is 10.4 Å². The third-order valence-corrected chi connectivity index (χ3v) is 1.76. The van der Waals surface area contributed by atoms with E-state index >= 15 is 0 Å². The van der Waals surface area contributed by atoms with Gasteiger partial charge in [-0.3, -0.25) is 4.79 Å². The molecule has 1 atom stereocenters. The molecule has 0 saturated carbocycles. The zero-order valence-corrected chi connectivity index (χ0v) is 7.35. The van der Waals surface area contributed by atoms with Crippen LogP contribution in [0.3, 0.4) is 0 Å². The number of aldehydes is 1. The number of hydrogen-bond donors (Lipinski definition) is 0. The number of hydrogen-bond acceptors (Lipinski definition) is 4. The molecule has 80 valence electrons. The van der Waals surface area contributed by atoms with Gasteiger partial charge in [0.1, 0.15) is 6.29 Å². The molecule has 4 nitrogen and oxygen atoms in total. The quantitative estimate of drug-likeness (QED) is 0.722. The van der Waals surface area contributed by atoms with Crippen LogP contribution in [0.2, 0.25) is 0 Å². The minimum absolute atomic E-state index is 0.213. The van der Waals surface area contributed by atoms with Gasteiger partial charge in [-0.1, -0.05) is 0 Å². The van der Waals surface area contributed by atoms with Gasteiger partial charge in [0, 0.05) is 5.56 Å². The lowest BCUT2D eigenvalue weighted by molar-refractivity contribution is -0.272. The second-order valence-electron chi connectivity index (χ2n) is 2.75. The maximum Gasteiger partial charge on any atom is 0.365 e. The summed E-state index contributed by atoms with van der Waals surface area (Å²) in [5, 5.41) is 0. The van der Waals surface area contributed by atoms with Crippen molar-refractivity contribution in [2.75, 3.05) is 0 Å². The van der Waals surface area contributed by atoms with Gasteiger partial charge in [-0.25, -0.2) is 4.74 Å². The summed E-state index contributed by atoms with van der Waals surface area (Å²) in [6.45, 7) is -4.43. The molecular weight excluding hydrogens is 210 g/mol. The highest BCUT2D eigenvalue weighted by Gasteiger charge is 2.27. The van der Waals surface area contributed by atoms with E-state index in [0.717, 1.165) is 0 Å². The summed E-state index contributed by atoms with van der Waals surface area (Å²) in [4.78, 5) is 10.4. The van der Waals surface area contributed by atoms with Crippen molar-refractivity contribution in [2.45, 2.75) is 13.1 Å². The molecule has 0 spiro atoms. The number of benzene rings is 1. The largest absolute Gasteiger partial charge is 0.428 e. The van der Waals surface area contributed by atoms with Crippen molar-refractivity contribution in [3.8, 4) is 11.5 Å². The number of carbonyl (C=O) groups is 1. The van der Waals surface area contributed by atoms with Gasteiger partial charge in [0.2, 0.25) is 0 Å². The molecule has 15 heavy (non-hydrogen) atoms. The Morgan fingerprint density at radius 2 is 2.07 bits per heavy atom. The van der Waals surface area contributed by atoms with Crippen molar-refractivity contribution < 1.29 is 27.8 Å². The molecule has 1 aliphatic rings. The molecule has 1 aliphatic heterocycles. The lowest BCUT2D eigenvalue weighted by atomic mass is 10.2. The predicted octanol–water partition coefficient (Wildman–Crippen LogP) is 1.79. The smallest absolute Gasteiger partial charge is 0.365 e. The third-order valence-electron chi connectivity index (χ3n) is 1.76. The Balaban J connectivity index is 2.13. The molecule has 0 saturated heterocycles. The fourth-order valence-corrected chi connectivity index (χ4v) is 1.16. The van der Waals surface area contributed by atoms with Gasteiger partial charge in [-0.2, -0.15) is 8.78 Å². The molecule has 0 aromatic heterocycles. The first-order chi connectivity index (χ1) is 7.19. The van der Waals surface area contributed by atoms with Crippen molar-refractivity contribution in [1.82, 2.24) is 0 Å². The molecular formula is C9H6F2O4. The maximum atomic E-state index is 11.8. The monoisotopic (exact) mass is 216 g/mol. The van der Waals surface area contributed by atoms with E-state index in [2.05, 4.69) is 4.74 Å². The second kappa shape index (κ2) is 3.82. The minimum Gasteiger partial charge on any atom is -0.428 e. The van der Waals surface area contributed by atoms with Gasteiger partial charge >= 0.3 is 13.1 Å². The van der Waals surface area contributed by atoms with E-state index in [1.165, 1.54) is 18.2 Å². The van der Waals surface area contributed by atoms with E-state index in [1.807, 2.05) is 0 Å². The molecule has 2 rings (SSSR count). The standard InChI is InChI=1S/C9H6F2O4/c10-8(11)15-9-13-6-2-1-5(4-12)3-7(6)14-9/h1-4,8-9H. The van der Waals surface area contributed by atoms with E-state index in [-0.39, 0.29) is 11.5 Å². The van der Waals surface area contributed by atoms with Gasteiger partial charge in [0.05, 0.1) is 0 Å². The van der Waals surface area contributed by atoms with Gasteiger partial charge in [-0.15, -0.1) is 0 Å². The number of rotatable bonds is 3. The zero-order valence-electron chi connectivity index (χ0n) is 7.35. The zero-order chi connectivity index (χ0) is 10.8. The van der Waals surface area contributed by atoms with Crippen molar-refractivity contribution in [2.24, 2.45) is 0 Å². The molecule has 0 amide bonds. The maximum absolute atomic E-state index is 11.8. The van der Waals surface area contributed by atoms with Gasteiger partial charge in [0.15, 0.2) is 11.5 Å². The predicted molar refractivity (Wildman–Crippen MR) is 44.0 cm³/mol. The molecule has 6 heteroatoms. The number of carbonyl (C=O) groups excluding carboxylic acids is 1. The molecule has 0 radical (unpaired) electrons. The van der Waals surface area contributed by atoms with Crippen molar-refractivity contribution in [3.05, 3.63) is 23.8 Å². The lowest BCUT2D eigenvalue weighted by Crippen LogP contribution is -2.24. The number of halogens is 2. The highest BCUT2D eigenvalue weighted by Crippen LogP contribution is 2.35. The van der Waals surface area contributed by atoms with E-state index in [4.69, 9.17) is 9.47 Å². The Bertz CT molecular complexity index is 380. The molecule has 1 heterocycles. The Kier molecular flexibility index (Phi) is 2.51. The fourth-order valence-electron chi connectivity index (χ4n) is 1.16. The fraction of sp³-hybridized carbons (Fsp3) is 0.222. The van der Waals surface area contributed by atoms with Crippen molar-refractivity contribution in [1.29, 1.82) is 0 Å². The van der Waals surface area contributed by atoms with Crippen LogP contribution in [-0.2, 0) is 4.74 Å². The highest BCUT2D eigenvalue weighted by molar-refractivity contribution is 5.76. The summed E-state index contributed by atoms with van der Waals surface area (Å²) in [5.41, 5.74) is 0.370. The Hall–Kier alpha value is -1.69. The number of ether oxygens (including phenoxy) is 3. The van der Waals surface area contributed by atoms with Crippen LogP contribution in [-0.4, -0.2) is 19.4 Å². The summed E-state index contributed by atoms with van der Waals surface area (Å²) < 4.78 is 37.4. The molecule has 0 bridgehead atoms. The van der Waals surface area contributed by atoms with E-state index < -0.39 is 13.1 Å². The second-order valence-corrected chi connectivity index (χ2v) is 2.75. The summed E-state index contributed by atoms with van der Waals surface area (Å²) in [6, 6.07) is 4.32.